The molecular weight excluding hydrogens is 774 g/mol. The largest absolute Gasteiger partial charge is 0.491 e. The molecule has 0 aliphatic rings. The average Bonchev–Trinajstić information content (AvgIpc) is 3.11. The quantitative estimate of drug-likeness (QED) is 0.0187. The van der Waals surface area contributed by atoms with Gasteiger partial charge in [-0.15, -0.1) is 0 Å². The Labute approximate surface area is 344 Å². The number of nitro benzene ring substituents is 1. The summed E-state index contributed by atoms with van der Waals surface area (Å²) in [5, 5.41) is 11.8. The Morgan fingerprint density at radius 1 is 0.737 bits per heavy atom. The van der Waals surface area contributed by atoms with Gasteiger partial charge in [-0.3, -0.25) is 10.1 Å². The van der Waals surface area contributed by atoms with E-state index in [0.29, 0.717) is 17.7 Å². The molecule has 0 aliphatic heterocycles. The van der Waals surface area contributed by atoms with Crippen molar-refractivity contribution in [2.24, 2.45) is 0 Å². The Morgan fingerprint density at radius 3 is 1.93 bits per heavy atom. The van der Waals surface area contributed by atoms with Gasteiger partial charge in [0, 0.05) is 6.07 Å². The highest BCUT2D eigenvalue weighted by molar-refractivity contribution is 6.87. The lowest BCUT2D eigenvalue weighted by atomic mass is 10.0. The molecule has 9 nitrogen and oxygen atoms in total. The van der Waals surface area contributed by atoms with Crippen molar-refractivity contribution in [3.8, 4) is 28.4 Å². The van der Waals surface area contributed by atoms with Crippen molar-refractivity contribution in [3.63, 3.8) is 0 Å². The second-order valence-electron chi connectivity index (χ2n) is 17.2. The van der Waals surface area contributed by atoms with Gasteiger partial charge in [0.15, 0.2) is 34.0 Å². The fourth-order valence-corrected chi connectivity index (χ4v) is 20.3. The number of esters is 1. The van der Waals surface area contributed by atoms with Gasteiger partial charge in [-0.25, -0.2) is 9.18 Å². The van der Waals surface area contributed by atoms with Gasteiger partial charge in [0.05, 0.1) is 23.2 Å². The minimum atomic E-state index is -2.07. The number of nitrogens with zero attached hydrogens (tertiary/aromatic N) is 1. The van der Waals surface area contributed by atoms with Gasteiger partial charge in [0.1, 0.15) is 5.75 Å². The van der Waals surface area contributed by atoms with Crippen LogP contribution in [0.4, 0.5) is 10.1 Å². The van der Waals surface area contributed by atoms with E-state index in [2.05, 4.69) is 52.8 Å². The maximum Gasteiger partial charge on any atom is 0.343 e. The van der Waals surface area contributed by atoms with E-state index in [1.807, 2.05) is 6.92 Å². The molecule has 3 aromatic rings. The first-order valence-corrected chi connectivity index (χ1v) is 30.3. The number of rotatable bonds is 27. The lowest BCUT2D eigenvalue weighted by molar-refractivity contribution is -0.386. The van der Waals surface area contributed by atoms with E-state index in [9.17, 15) is 19.3 Å². The number of carbonyl (C=O) groups is 1. The normalized spacial score (nSPS) is 12.7. The van der Waals surface area contributed by atoms with E-state index >= 15 is 0 Å². The predicted octanol–water partition coefficient (Wildman–Crippen LogP) is 13.6. The van der Waals surface area contributed by atoms with Crippen LogP contribution in [0.15, 0.2) is 60.7 Å². The van der Waals surface area contributed by atoms with E-state index in [4.69, 9.17) is 22.4 Å². The summed E-state index contributed by atoms with van der Waals surface area (Å²) in [5.74, 6) is -0.708. The number of unbranched alkanes of at least 4 members (excludes halogenated alkanes) is 10. The van der Waals surface area contributed by atoms with E-state index in [-0.39, 0.29) is 34.6 Å². The highest BCUT2D eigenvalue weighted by atomic mass is 28.5. The SMILES string of the molecule is CCCCC[C@H](C)Oc1ccc(-c2ccc(OC(=O)c3ccc(OCCCCCCCCCCC[Si](C)(C)O[Si](C)(C)O[Si](C)(C)C)c(F)c3)cc2)cc1[N+](=O)[O-]. The molecule has 0 radical (unpaired) electrons. The van der Waals surface area contributed by atoms with Crippen LogP contribution in [0.2, 0.25) is 51.9 Å². The minimum absolute atomic E-state index is 0.0656. The monoisotopic (exact) mass is 841 g/mol. The summed E-state index contributed by atoms with van der Waals surface area (Å²) >= 11 is 0. The summed E-state index contributed by atoms with van der Waals surface area (Å²) in [6.45, 7) is 20.2. The summed E-state index contributed by atoms with van der Waals surface area (Å²) in [6.07, 6.45) is 14.3. The van der Waals surface area contributed by atoms with Crippen LogP contribution >= 0.6 is 0 Å². The fourth-order valence-electron chi connectivity index (χ4n) is 7.07. The smallest absolute Gasteiger partial charge is 0.343 e. The highest BCUT2D eigenvalue weighted by Crippen LogP contribution is 2.34. The molecule has 0 aliphatic carbocycles. The van der Waals surface area contributed by atoms with Crippen molar-refractivity contribution in [1.29, 1.82) is 0 Å². The van der Waals surface area contributed by atoms with E-state index in [1.165, 1.54) is 62.8 Å². The Balaban J connectivity index is 1.34. The molecule has 0 heterocycles. The highest BCUT2D eigenvalue weighted by Gasteiger charge is 2.37. The standard InChI is InChI=1S/C44H68FNO8Si3/c1-10-11-19-22-35(2)51-43-30-25-37(34-41(43)46(48)49)36-23-27-39(28-24-36)52-44(47)38-26-29-42(40(45)33-38)50-31-20-17-15-13-12-14-16-18-21-32-56(6,7)54-57(8,9)53-55(3,4)5/h23-30,33-35H,10-22,31-32H2,1-9H3/t35-/m0/s1. The van der Waals surface area contributed by atoms with Gasteiger partial charge >= 0.3 is 20.2 Å². The molecule has 13 heteroatoms. The van der Waals surface area contributed by atoms with Gasteiger partial charge in [-0.05, 0) is 126 Å². The summed E-state index contributed by atoms with van der Waals surface area (Å²) in [7, 11) is -5.39. The number of hydrogen-bond donors (Lipinski definition) is 0. The van der Waals surface area contributed by atoms with E-state index in [1.54, 1.807) is 36.4 Å². The first-order valence-electron chi connectivity index (χ1n) is 21.0. The van der Waals surface area contributed by atoms with Crippen LogP contribution in [0.5, 0.6) is 17.2 Å². The Hall–Kier alpha value is -3.37. The van der Waals surface area contributed by atoms with Gasteiger partial charge in [-0.2, -0.15) is 0 Å². The van der Waals surface area contributed by atoms with Crippen molar-refractivity contribution in [3.05, 3.63) is 82.2 Å². The van der Waals surface area contributed by atoms with Crippen LogP contribution in [0.3, 0.4) is 0 Å². The molecule has 3 rings (SSSR count). The van der Waals surface area contributed by atoms with Gasteiger partial charge in [0.2, 0.25) is 0 Å². The molecule has 0 aromatic heterocycles. The Bertz CT molecular complexity index is 1700. The molecule has 0 saturated carbocycles. The third-order valence-corrected chi connectivity index (χ3v) is 19.7. The Kier molecular flexibility index (Phi) is 19.6. The van der Waals surface area contributed by atoms with Crippen LogP contribution in [0, 0.1) is 15.9 Å². The van der Waals surface area contributed by atoms with Crippen molar-refractivity contribution in [2.45, 2.75) is 155 Å². The van der Waals surface area contributed by atoms with Crippen molar-refractivity contribution in [2.75, 3.05) is 6.61 Å². The van der Waals surface area contributed by atoms with Gasteiger partial charge in [-0.1, -0.05) is 89.3 Å². The van der Waals surface area contributed by atoms with Crippen LogP contribution in [-0.2, 0) is 8.23 Å². The van der Waals surface area contributed by atoms with E-state index < -0.39 is 41.9 Å². The molecule has 1 atom stereocenters. The van der Waals surface area contributed by atoms with Crippen LogP contribution in [0.25, 0.3) is 11.1 Å². The summed E-state index contributed by atoms with van der Waals surface area (Å²) in [6, 6.07) is 16.8. The maximum atomic E-state index is 14.9. The van der Waals surface area contributed by atoms with Crippen molar-refractivity contribution >= 4 is 36.9 Å². The summed E-state index contributed by atoms with van der Waals surface area (Å²) in [5.41, 5.74) is 1.29. The molecule has 0 bridgehead atoms. The van der Waals surface area contributed by atoms with E-state index in [0.717, 1.165) is 51.0 Å². The zero-order valence-corrected chi connectivity index (χ0v) is 39.0. The molecule has 57 heavy (non-hydrogen) atoms. The van der Waals surface area contributed by atoms with Gasteiger partial charge < -0.3 is 22.4 Å². The topological polar surface area (TPSA) is 106 Å². The molecule has 0 N–H and O–H groups in total. The third kappa shape index (κ3) is 18.4. The molecule has 0 fully saturated rings. The zero-order chi connectivity index (χ0) is 42.1. The summed E-state index contributed by atoms with van der Waals surface area (Å²) in [4.78, 5) is 24.2. The number of hydrogen-bond acceptors (Lipinski definition) is 8. The first-order chi connectivity index (χ1) is 26.9. The van der Waals surface area contributed by atoms with Gasteiger partial charge in [0.25, 0.3) is 0 Å². The second kappa shape index (κ2) is 23.3. The molecule has 0 unspecified atom stereocenters. The molecule has 316 valence electrons. The fraction of sp³-hybridized carbons (Fsp3) is 0.568. The number of ether oxygens (including phenoxy) is 3. The van der Waals surface area contributed by atoms with Crippen molar-refractivity contribution in [1.82, 2.24) is 0 Å². The first kappa shape index (κ1) is 48.0. The molecule has 0 spiro atoms. The molecular formula is C44H68FNO8Si3. The number of nitro groups is 1. The Morgan fingerprint density at radius 2 is 1.33 bits per heavy atom. The summed E-state index contributed by atoms with van der Waals surface area (Å²) < 4.78 is 44.9. The predicted molar refractivity (Wildman–Crippen MR) is 236 cm³/mol. The minimum Gasteiger partial charge on any atom is -0.491 e. The molecule has 3 aromatic carbocycles. The number of benzene rings is 3. The molecule has 0 saturated heterocycles. The average molecular weight is 842 g/mol. The number of carbonyl (C=O) groups excluding carboxylic acids is 1. The maximum absolute atomic E-state index is 14.9. The van der Waals surface area contributed by atoms with Crippen LogP contribution in [0.1, 0.15) is 108 Å². The van der Waals surface area contributed by atoms with Crippen LogP contribution < -0.4 is 14.2 Å². The zero-order valence-electron chi connectivity index (χ0n) is 36.0. The second-order valence-corrected chi connectivity index (χ2v) is 29.9. The lowest BCUT2D eigenvalue weighted by Gasteiger charge is -2.37. The van der Waals surface area contributed by atoms with Crippen LogP contribution in [-0.4, -0.2) is 48.8 Å². The lowest BCUT2D eigenvalue weighted by Crippen LogP contribution is -2.51. The third-order valence-electron chi connectivity index (χ3n) is 9.52. The van der Waals surface area contributed by atoms with Crippen molar-refractivity contribution < 1.29 is 36.5 Å². The number of halogens is 1. The molecule has 0 amide bonds.